The lowest BCUT2D eigenvalue weighted by molar-refractivity contribution is -0.132. The smallest absolute Gasteiger partial charge is 0.244 e. The molecule has 0 bridgehead atoms. The Labute approximate surface area is 182 Å². The Hall–Kier alpha value is -2.73. The number of amides is 2. The molecule has 1 atom stereocenters. The van der Waals surface area contributed by atoms with Crippen molar-refractivity contribution in [3.8, 4) is 0 Å². The van der Waals surface area contributed by atoms with Crippen molar-refractivity contribution < 1.29 is 9.59 Å². The van der Waals surface area contributed by atoms with Crippen molar-refractivity contribution in [2.75, 3.05) is 47.8 Å². The lowest BCUT2D eigenvalue weighted by atomic mass is 10.2. The standard InChI is InChI=1S/C23H27ClN4O2/c1-17(23(30)27-14-12-26(13-15-27)19-6-3-2-4-7-19)25-18-9-10-21(20(24)16-18)28-11-5-8-22(28)29/h2-4,6-7,9-10,16-17,25H,5,8,11-15H2,1H3. The van der Waals surface area contributed by atoms with Crippen LogP contribution < -0.4 is 15.1 Å². The molecule has 2 aromatic rings. The maximum Gasteiger partial charge on any atom is 0.244 e. The molecule has 2 amide bonds. The van der Waals surface area contributed by atoms with Crippen molar-refractivity contribution in [2.45, 2.75) is 25.8 Å². The van der Waals surface area contributed by atoms with Crippen LogP contribution in [0, 0.1) is 0 Å². The zero-order chi connectivity index (χ0) is 21.1. The number of benzene rings is 2. The summed E-state index contributed by atoms with van der Waals surface area (Å²) in [6.45, 7) is 5.64. The molecule has 2 fully saturated rings. The average molecular weight is 427 g/mol. The highest BCUT2D eigenvalue weighted by atomic mass is 35.5. The van der Waals surface area contributed by atoms with E-state index in [1.807, 2.05) is 42.2 Å². The van der Waals surface area contributed by atoms with E-state index >= 15 is 0 Å². The quantitative estimate of drug-likeness (QED) is 0.793. The largest absolute Gasteiger partial charge is 0.374 e. The second-order valence-corrected chi connectivity index (χ2v) is 8.24. The second kappa shape index (κ2) is 8.96. The Balaban J connectivity index is 1.34. The summed E-state index contributed by atoms with van der Waals surface area (Å²) in [6, 6.07) is 15.5. The summed E-state index contributed by atoms with van der Waals surface area (Å²) < 4.78 is 0. The van der Waals surface area contributed by atoms with E-state index in [1.165, 1.54) is 5.69 Å². The summed E-state index contributed by atoms with van der Waals surface area (Å²) in [4.78, 5) is 30.8. The lowest BCUT2D eigenvalue weighted by Gasteiger charge is -2.37. The third-order valence-electron chi connectivity index (χ3n) is 5.78. The summed E-state index contributed by atoms with van der Waals surface area (Å²) in [6.07, 6.45) is 1.43. The predicted molar refractivity (Wildman–Crippen MR) is 121 cm³/mol. The number of carbonyl (C=O) groups is 2. The van der Waals surface area contributed by atoms with E-state index in [4.69, 9.17) is 11.6 Å². The van der Waals surface area contributed by atoms with Crippen molar-refractivity contribution in [1.82, 2.24) is 4.90 Å². The van der Waals surface area contributed by atoms with Crippen LogP contribution in [0.3, 0.4) is 0 Å². The molecule has 2 aliphatic heterocycles. The number of nitrogens with one attached hydrogen (secondary N) is 1. The van der Waals surface area contributed by atoms with E-state index in [9.17, 15) is 9.59 Å². The maximum absolute atomic E-state index is 12.9. The van der Waals surface area contributed by atoms with Crippen molar-refractivity contribution in [3.63, 3.8) is 0 Å². The molecule has 0 aromatic heterocycles. The molecule has 30 heavy (non-hydrogen) atoms. The van der Waals surface area contributed by atoms with Gasteiger partial charge in [0.1, 0.15) is 6.04 Å². The highest BCUT2D eigenvalue weighted by Crippen LogP contribution is 2.32. The van der Waals surface area contributed by atoms with Gasteiger partial charge in [0.25, 0.3) is 0 Å². The molecular weight excluding hydrogens is 400 g/mol. The fourth-order valence-corrected chi connectivity index (χ4v) is 4.41. The van der Waals surface area contributed by atoms with E-state index in [1.54, 1.807) is 11.0 Å². The summed E-state index contributed by atoms with van der Waals surface area (Å²) in [7, 11) is 0. The van der Waals surface area contributed by atoms with E-state index in [0.29, 0.717) is 31.1 Å². The van der Waals surface area contributed by atoms with Gasteiger partial charge in [0.2, 0.25) is 11.8 Å². The zero-order valence-corrected chi connectivity index (χ0v) is 17.9. The fraction of sp³-hybridized carbons (Fsp3) is 0.391. The topological polar surface area (TPSA) is 55.9 Å². The number of halogens is 1. The molecule has 0 spiro atoms. The van der Waals surface area contributed by atoms with Crippen molar-refractivity contribution in [1.29, 1.82) is 0 Å². The number of hydrogen-bond acceptors (Lipinski definition) is 4. The normalized spacial score (nSPS) is 17.9. The van der Waals surface area contributed by atoms with Gasteiger partial charge in [0.05, 0.1) is 10.7 Å². The van der Waals surface area contributed by atoms with Gasteiger partial charge >= 0.3 is 0 Å². The minimum absolute atomic E-state index is 0.0811. The number of carbonyl (C=O) groups excluding carboxylic acids is 2. The summed E-state index contributed by atoms with van der Waals surface area (Å²) in [5.74, 6) is 0.188. The monoisotopic (exact) mass is 426 g/mol. The van der Waals surface area contributed by atoms with E-state index in [-0.39, 0.29) is 17.9 Å². The van der Waals surface area contributed by atoms with Crippen molar-refractivity contribution >= 4 is 40.5 Å². The van der Waals surface area contributed by atoms with Gasteiger partial charge in [-0.1, -0.05) is 29.8 Å². The average Bonchev–Trinajstić information content (AvgIpc) is 3.19. The molecule has 2 heterocycles. The van der Waals surface area contributed by atoms with E-state index < -0.39 is 0 Å². The van der Waals surface area contributed by atoms with Crippen LogP contribution in [0.1, 0.15) is 19.8 Å². The molecule has 2 saturated heterocycles. The van der Waals surface area contributed by atoms with Crippen LogP contribution in [0.4, 0.5) is 17.1 Å². The van der Waals surface area contributed by atoms with E-state index in [0.717, 1.165) is 30.9 Å². The third-order valence-corrected chi connectivity index (χ3v) is 6.08. The van der Waals surface area contributed by atoms with Crippen LogP contribution in [-0.2, 0) is 9.59 Å². The first kappa shape index (κ1) is 20.5. The van der Waals surface area contributed by atoms with Gasteiger partial charge in [-0.15, -0.1) is 0 Å². The Bertz CT molecular complexity index is 913. The van der Waals surface area contributed by atoms with Crippen LogP contribution >= 0.6 is 11.6 Å². The number of hydrogen-bond donors (Lipinski definition) is 1. The minimum Gasteiger partial charge on any atom is -0.374 e. The first-order valence-electron chi connectivity index (χ1n) is 10.5. The number of nitrogens with zero attached hydrogens (tertiary/aromatic N) is 3. The number of piperazine rings is 1. The van der Waals surface area contributed by atoms with Crippen molar-refractivity contribution in [3.05, 3.63) is 53.6 Å². The predicted octanol–water partition coefficient (Wildman–Crippen LogP) is 3.62. The van der Waals surface area contributed by atoms with E-state index in [2.05, 4.69) is 22.3 Å². The highest BCUT2D eigenvalue weighted by Gasteiger charge is 2.26. The van der Waals surface area contributed by atoms with Gasteiger partial charge in [-0.2, -0.15) is 0 Å². The first-order valence-corrected chi connectivity index (χ1v) is 10.9. The third kappa shape index (κ3) is 4.38. The molecule has 4 rings (SSSR count). The SMILES string of the molecule is CC(Nc1ccc(N2CCCC2=O)c(Cl)c1)C(=O)N1CCN(c2ccccc2)CC1. The fourth-order valence-electron chi connectivity index (χ4n) is 4.13. The molecule has 1 unspecified atom stereocenters. The number of para-hydroxylation sites is 1. The maximum atomic E-state index is 12.9. The second-order valence-electron chi connectivity index (χ2n) is 7.83. The molecule has 0 aliphatic carbocycles. The van der Waals surface area contributed by atoms with Crippen LogP contribution in [0.25, 0.3) is 0 Å². The molecule has 0 radical (unpaired) electrons. The van der Waals surface area contributed by atoms with Crippen LogP contribution in [0.2, 0.25) is 5.02 Å². The van der Waals surface area contributed by atoms with Gasteiger partial charge in [0, 0.05) is 50.5 Å². The number of rotatable bonds is 5. The molecule has 2 aromatic carbocycles. The Morgan fingerprint density at radius 2 is 1.77 bits per heavy atom. The van der Waals surface area contributed by atoms with Gasteiger partial charge in [-0.05, 0) is 43.7 Å². The van der Waals surface area contributed by atoms with Gasteiger partial charge < -0.3 is 20.0 Å². The van der Waals surface area contributed by atoms with Gasteiger partial charge in [-0.3, -0.25) is 9.59 Å². The molecule has 1 N–H and O–H groups in total. The van der Waals surface area contributed by atoms with Crippen LogP contribution in [0.5, 0.6) is 0 Å². The zero-order valence-electron chi connectivity index (χ0n) is 17.2. The summed E-state index contributed by atoms with van der Waals surface area (Å²) >= 11 is 6.43. The Morgan fingerprint density at radius 3 is 2.40 bits per heavy atom. The Morgan fingerprint density at radius 1 is 1.03 bits per heavy atom. The Kier molecular flexibility index (Phi) is 6.13. The number of anilines is 3. The van der Waals surface area contributed by atoms with Gasteiger partial charge in [0.15, 0.2) is 0 Å². The van der Waals surface area contributed by atoms with Crippen LogP contribution in [0.15, 0.2) is 48.5 Å². The molecule has 7 heteroatoms. The highest BCUT2D eigenvalue weighted by molar-refractivity contribution is 6.34. The molecule has 2 aliphatic rings. The molecule has 0 saturated carbocycles. The van der Waals surface area contributed by atoms with Gasteiger partial charge in [-0.25, -0.2) is 0 Å². The summed E-state index contributed by atoms with van der Waals surface area (Å²) in [5.41, 5.74) is 2.71. The lowest BCUT2D eigenvalue weighted by Crippen LogP contribution is -2.52. The molecule has 6 nitrogen and oxygen atoms in total. The molecule has 158 valence electrons. The molecular formula is C23H27ClN4O2. The van der Waals surface area contributed by atoms with Crippen LogP contribution in [-0.4, -0.2) is 55.5 Å². The van der Waals surface area contributed by atoms with Crippen molar-refractivity contribution in [2.24, 2.45) is 0 Å². The minimum atomic E-state index is -0.358. The summed E-state index contributed by atoms with van der Waals surface area (Å²) in [5, 5.41) is 3.78. The first-order chi connectivity index (χ1) is 14.5.